The molecule has 1 aliphatic rings. The van der Waals surface area contributed by atoms with Gasteiger partial charge < -0.3 is 9.84 Å². The first-order valence-corrected chi connectivity index (χ1v) is 7.93. The molecule has 0 aromatic heterocycles. The normalized spacial score (nSPS) is 17.1. The third-order valence-corrected chi connectivity index (χ3v) is 4.35. The number of esters is 1. The molecule has 2 N–H and O–H groups in total. The van der Waals surface area contributed by atoms with Crippen molar-refractivity contribution in [1.82, 2.24) is 5.32 Å². The summed E-state index contributed by atoms with van der Waals surface area (Å²) in [6, 6.07) is 1.53. The number of hydrogen-bond donors (Lipinski definition) is 2. The number of aryl methyl sites for hydroxylation is 1. The van der Waals surface area contributed by atoms with Gasteiger partial charge in [-0.25, -0.2) is 4.79 Å². The van der Waals surface area contributed by atoms with E-state index in [-0.39, 0.29) is 15.6 Å². The van der Waals surface area contributed by atoms with Crippen LogP contribution in [0.2, 0.25) is 0 Å². The molecule has 0 unspecified atom stereocenters. The molecule has 1 aromatic carbocycles. The molecule has 10 nitrogen and oxygen atoms in total. The Morgan fingerprint density at radius 3 is 2.77 bits per heavy atom. The third-order valence-electron chi connectivity index (χ3n) is 3.45. The van der Waals surface area contributed by atoms with Crippen LogP contribution in [0.4, 0.5) is 5.69 Å². The van der Waals surface area contributed by atoms with E-state index in [1.165, 1.54) is 20.1 Å². The van der Waals surface area contributed by atoms with Crippen molar-refractivity contribution in [3.63, 3.8) is 0 Å². The number of ether oxygens (including phenoxy) is 1. The van der Waals surface area contributed by atoms with Crippen LogP contribution in [0.3, 0.4) is 0 Å². The van der Waals surface area contributed by atoms with Crippen LogP contribution in [0.1, 0.15) is 16.7 Å². The second-order valence-corrected chi connectivity index (χ2v) is 6.13. The summed E-state index contributed by atoms with van der Waals surface area (Å²) in [4.78, 5) is 33.3. The van der Waals surface area contributed by atoms with Crippen LogP contribution >= 0.6 is 11.8 Å². The molecule has 26 heavy (non-hydrogen) atoms. The number of benzene rings is 1. The van der Waals surface area contributed by atoms with Gasteiger partial charge in [0.25, 0.3) is 5.91 Å². The molecule has 0 radical (unpaired) electrons. The maximum Gasteiger partial charge on any atom is 0.331 e. The lowest BCUT2D eigenvalue weighted by molar-refractivity contribution is -0.386. The Morgan fingerprint density at radius 2 is 2.15 bits per heavy atom. The highest BCUT2D eigenvalue weighted by Crippen LogP contribution is 2.34. The van der Waals surface area contributed by atoms with Gasteiger partial charge in [0.2, 0.25) is 5.75 Å². The number of methoxy groups -OCH3 is 1. The number of nitro groups is 1. The van der Waals surface area contributed by atoms with E-state index in [1.54, 1.807) is 6.92 Å². The highest BCUT2D eigenvalue weighted by molar-refractivity contribution is 8.18. The minimum absolute atomic E-state index is 0.0930. The van der Waals surface area contributed by atoms with Crippen LogP contribution in [-0.4, -0.2) is 40.4 Å². The zero-order valence-electron chi connectivity index (χ0n) is 14.0. The molecule has 0 spiro atoms. The van der Waals surface area contributed by atoms with Crippen molar-refractivity contribution in [2.75, 3.05) is 7.11 Å². The fourth-order valence-electron chi connectivity index (χ4n) is 2.02. The number of phenolic OH excluding ortho intramolecular Hbond substituents is 1. The number of aromatic hydroxyl groups is 1. The summed E-state index contributed by atoms with van der Waals surface area (Å²) >= 11 is 0.881. The van der Waals surface area contributed by atoms with E-state index in [0.29, 0.717) is 11.1 Å². The fourth-order valence-corrected chi connectivity index (χ4v) is 2.76. The summed E-state index contributed by atoms with van der Waals surface area (Å²) in [5.41, 5.74) is 0.678. The van der Waals surface area contributed by atoms with Gasteiger partial charge in [-0.1, -0.05) is 0 Å². The molecule has 11 heteroatoms. The Morgan fingerprint density at radius 1 is 1.46 bits per heavy atom. The molecule has 0 aliphatic carbocycles. The fraction of sp³-hybridized carbons (Fsp3) is 0.200. The van der Waals surface area contributed by atoms with Gasteiger partial charge in [-0.3, -0.25) is 20.2 Å². The van der Waals surface area contributed by atoms with Gasteiger partial charge in [0.05, 0.1) is 23.2 Å². The number of amidine groups is 1. The molecule has 2 rings (SSSR count). The lowest BCUT2D eigenvalue weighted by Crippen LogP contribution is -2.19. The highest BCUT2D eigenvalue weighted by Gasteiger charge is 2.25. The average Bonchev–Trinajstić information content (AvgIpc) is 2.91. The van der Waals surface area contributed by atoms with Crippen LogP contribution in [-0.2, 0) is 14.3 Å². The minimum atomic E-state index is -0.681. The van der Waals surface area contributed by atoms with Crippen molar-refractivity contribution in [2.24, 2.45) is 10.2 Å². The number of carbonyl (C=O) groups is 2. The largest absolute Gasteiger partial charge is 0.502 e. The summed E-state index contributed by atoms with van der Waals surface area (Å²) in [6.07, 6.45) is 2.15. The summed E-state index contributed by atoms with van der Waals surface area (Å²) in [5.74, 6) is -1.73. The van der Waals surface area contributed by atoms with Gasteiger partial charge in [-0.05, 0) is 37.2 Å². The molecular formula is C15H14N4O6S. The van der Waals surface area contributed by atoms with Crippen molar-refractivity contribution in [3.8, 4) is 5.75 Å². The maximum absolute atomic E-state index is 11.7. The van der Waals surface area contributed by atoms with Gasteiger partial charge in [-0.2, -0.15) is 5.10 Å². The molecule has 136 valence electrons. The quantitative estimate of drug-likeness (QED) is 0.266. The topological polar surface area (TPSA) is 143 Å². The third kappa shape index (κ3) is 4.06. The monoisotopic (exact) mass is 378 g/mol. The van der Waals surface area contributed by atoms with Crippen LogP contribution in [0.25, 0.3) is 0 Å². The lowest BCUT2D eigenvalue weighted by atomic mass is 10.0. The van der Waals surface area contributed by atoms with Crippen LogP contribution < -0.4 is 5.32 Å². The molecule has 0 bridgehead atoms. The SMILES string of the molecule is COC(=O)/C=C1/S/C(=N\N=Cc2cc(C)c(C)c([N+](=O)[O-])c2O)NC1=O. The summed E-state index contributed by atoms with van der Waals surface area (Å²) < 4.78 is 4.44. The Kier molecular flexibility index (Phi) is 5.72. The van der Waals surface area contributed by atoms with Crippen molar-refractivity contribution in [3.05, 3.63) is 43.9 Å². The van der Waals surface area contributed by atoms with Gasteiger partial charge in [-0.15, -0.1) is 5.10 Å². The van der Waals surface area contributed by atoms with E-state index < -0.39 is 28.2 Å². The summed E-state index contributed by atoms with van der Waals surface area (Å²) in [7, 11) is 1.19. The number of hydrogen-bond acceptors (Lipinski definition) is 9. The first-order chi connectivity index (χ1) is 12.2. The van der Waals surface area contributed by atoms with Crippen LogP contribution in [0, 0.1) is 24.0 Å². The number of nitrogens with zero attached hydrogens (tertiary/aromatic N) is 3. The predicted molar refractivity (Wildman–Crippen MR) is 95.1 cm³/mol. The standard InChI is InChI=1S/C15H14N4O6S/c1-7-4-9(13(21)12(8(7)2)19(23)24)6-16-18-15-17-14(22)10(26-15)5-11(20)25-3/h4-6,21H,1-3H3,(H,17,18,22)/b10-5+,16-6?. The van der Waals surface area contributed by atoms with E-state index in [2.05, 4.69) is 20.3 Å². The maximum atomic E-state index is 11.7. The van der Waals surface area contributed by atoms with Gasteiger partial charge in [0.1, 0.15) is 0 Å². The highest BCUT2D eigenvalue weighted by atomic mass is 32.2. The molecule has 1 saturated heterocycles. The van der Waals surface area contributed by atoms with Crippen molar-refractivity contribution < 1.29 is 24.4 Å². The number of rotatable bonds is 4. The van der Waals surface area contributed by atoms with Gasteiger partial charge in [0.15, 0.2) is 5.17 Å². The zero-order valence-corrected chi connectivity index (χ0v) is 14.8. The lowest BCUT2D eigenvalue weighted by Gasteiger charge is -2.06. The Balaban J connectivity index is 2.25. The van der Waals surface area contributed by atoms with Crippen molar-refractivity contribution >= 4 is 40.7 Å². The van der Waals surface area contributed by atoms with E-state index in [9.17, 15) is 24.8 Å². The summed E-state index contributed by atoms with van der Waals surface area (Å²) in [5, 5.41) is 31.1. The number of nitro benzene ring substituents is 1. The van der Waals surface area contributed by atoms with Crippen molar-refractivity contribution in [1.29, 1.82) is 0 Å². The molecule has 1 heterocycles. The predicted octanol–water partition coefficient (Wildman–Crippen LogP) is 1.53. The Bertz CT molecular complexity index is 891. The zero-order chi connectivity index (χ0) is 19.4. The average molecular weight is 378 g/mol. The number of amides is 1. The van der Waals surface area contributed by atoms with Crippen LogP contribution in [0.5, 0.6) is 5.75 Å². The first-order valence-electron chi connectivity index (χ1n) is 7.12. The molecular weight excluding hydrogens is 364 g/mol. The first kappa shape index (κ1) is 19.1. The Labute approximate surface area is 151 Å². The molecule has 1 amide bonds. The Hall–Kier alpha value is -3.21. The molecule has 1 aromatic rings. The number of phenols is 1. The van der Waals surface area contributed by atoms with E-state index in [0.717, 1.165) is 24.1 Å². The second-order valence-electron chi connectivity index (χ2n) is 5.10. The van der Waals surface area contributed by atoms with Crippen LogP contribution in [0.15, 0.2) is 27.3 Å². The minimum Gasteiger partial charge on any atom is -0.502 e. The van der Waals surface area contributed by atoms with E-state index in [4.69, 9.17) is 0 Å². The van der Waals surface area contributed by atoms with Crippen molar-refractivity contribution in [2.45, 2.75) is 13.8 Å². The smallest absolute Gasteiger partial charge is 0.331 e. The second kappa shape index (κ2) is 7.78. The van der Waals surface area contributed by atoms with E-state index >= 15 is 0 Å². The number of nitrogens with one attached hydrogen (secondary N) is 1. The van der Waals surface area contributed by atoms with E-state index in [1.807, 2.05) is 0 Å². The molecule has 0 saturated carbocycles. The van der Waals surface area contributed by atoms with Gasteiger partial charge >= 0.3 is 11.7 Å². The van der Waals surface area contributed by atoms with Gasteiger partial charge in [0, 0.05) is 17.2 Å². The number of carbonyl (C=O) groups excluding carboxylic acids is 2. The summed E-state index contributed by atoms with van der Waals surface area (Å²) in [6.45, 7) is 3.20. The molecule has 0 atom stereocenters. The molecule has 1 fully saturated rings. The number of thioether (sulfide) groups is 1. The molecule has 1 aliphatic heterocycles.